The molecule has 0 aromatic heterocycles. The summed E-state index contributed by atoms with van der Waals surface area (Å²) < 4.78 is 12.3. The smallest absolute Gasteiger partial charge is 1.00 e. The van der Waals surface area contributed by atoms with Crippen molar-refractivity contribution in [1.29, 1.82) is 0 Å². The molecule has 0 amide bonds. The van der Waals surface area contributed by atoms with Crippen LogP contribution in [0, 0.1) is 11.9 Å². The standard InChI is InChI=1S/C7H7FN.BrH.Zn/c8-7-3-1-2-6(4-7)5-9;;/h1,3-4H,5,9H2;1H;/q-1;;+2/p-1. The third-order valence-corrected chi connectivity index (χ3v) is 1.04. The van der Waals surface area contributed by atoms with Crippen molar-refractivity contribution >= 4 is 0 Å². The van der Waals surface area contributed by atoms with Crippen LogP contribution in [0.5, 0.6) is 0 Å². The Morgan fingerprint density at radius 3 is 2.55 bits per heavy atom. The fourth-order valence-electron chi connectivity index (χ4n) is 0.602. The Morgan fingerprint density at radius 2 is 2.18 bits per heavy atom. The van der Waals surface area contributed by atoms with Crippen LogP contribution >= 0.6 is 0 Å². The molecule has 2 N–H and O–H groups in total. The topological polar surface area (TPSA) is 26.0 Å². The molecule has 0 fully saturated rings. The molecule has 1 aromatic rings. The van der Waals surface area contributed by atoms with Gasteiger partial charge in [0, 0.05) is 5.82 Å². The second-order valence-corrected chi connectivity index (χ2v) is 1.74. The van der Waals surface area contributed by atoms with Crippen molar-refractivity contribution < 1.29 is 40.8 Å². The first-order chi connectivity index (χ1) is 4.33. The predicted molar refractivity (Wildman–Crippen MR) is 33.1 cm³/mol. The maximum atomic E-state index is 12.3. The molecule has 0 unspecified atom stereocenters. The average molecular weight is 269 g/mol. The van der Waals surface area contributed by atoms with Crippen molar-refractivity contribution in [3.63, 3.8) is 0 Å². The number of nitrogens with two attached hydrogens (primary N) is 1. The van der Waals surface area contributed by atoms with Crippen LogP contribution in [0.1, 0.15) is 5.56 Å². The Balaban J connectivity index is 0. The van der Waals surface area contributed by atoms with E-state index in [4.69, 9.17) is 5.73 Å². The van der Waals surface area contributed by atoms with Crippen LogP contribution in [-0.4, -0.2) is 0 Å². The minimum absolute atomic E-state index is 0. The first-order valence-electron chi connectivity index (χ1n) is 2.69. The molecular formula is C7H7BrFNZn. The maximum Gasteiger partial charge on any atom is 2.00 e. The fraction of sp³-hybridized carbons (Fsp3) is 0.143. The van der Waals surface area contributed by atoms with Crippen LogP contribution in [0.15, 0.2) is 18.2 Å². The average Bonchev–Trinajstić information content (AvgIpc) is 1.88. The molecule has 1 aromatic carbocycles. The van der Waals surface area contributed by atoms with Crippen LogP contribution in [0.3, 0.4) is 0 Å². The van der Waals surface area contributed by atoms with E-state index in [0.29, 0.717) is 12.1 Å². The molecule has 1 rings (SSSR count). The van der Waals surface area contributed by atoms with Gasteiger partial charge in [-0.05, 0) is 6.54 Å². The summed E-state index contributed by atoms with van der Waals surface area (Å²) in [6.45, 7) is 0.345. The van der Waals surface area contributed by atoms with Gasteiger partial charge in [0.1, 0.15) is 0 Å². The fourth-order valence-corrected chi connectivity index (χ4v) is 0.602. The first-order valence-corrected chi connectivity index (χ1v) is 2.69. The van der Waals surface area contributed by atoms with Crippen LogP contribution in [-0.2, 0) is 26.0 Å². The minimum atomic E-state index is -0.255. The van der Waals surface area contributed by atoms with E-state index in [2.05, 4.69) is 6.07 Å². The number of hydrogen-bond donors (Lipinski definition) is 1. The molecule has 0 heterocycles. The van der Waals surface area contributed by atoms with E-state index in [1.165, 1.54) is 18.2 Å². The van der Waals surface area contributed by atoms with Crippen LogP contribution in [0.2, 0.25) is 0 Å². The summed E-state index contributed by atoms with van der Waals surface area (Å²) in [6, 6.07) is 7.04. The molecule has 0 bridgehead atoms. The molecule has 0 aliphatic rings. The number of benzene rings is 1. The summed E-state index contributed by atoms with van der Waals surface area (Å²) >= 11 is 0. The van der Waals surface area contributed by atoms with Crippen LogP contribution in [0.4, 0.5) is 4.39 Å². The second-order valence-electron chi connectivity index (χ2n) is 1.74. The maximum absolute atomic E-state index is 12.3. The number of halogens is 2. The summed E-state index contributed by atoms with van der Waals surface area (Å²) in [5.74, 6) is -0.255. The van der Waals surface area contributed by atoms with Gasteiger partial charge >= 0.3 is 19.5 Å². The molecule has 56 valence electrons. The van der Waals surface area contributed by atoms with Gasteiger partial charge in [-0.3, -0.25) is 0 Å². The van der Waals surface area contributed by atoms with Gasteiger partial charge in [-0.2, -0.15) is 12.1 Å². The van der Waals surface area contributed by atoms with Gasteiger partial charge in [-0.25, -0.2) is 4.39 Å². The molecule has 1 nitrogen and oxygen atoms in total. The van der Waals surface area contributed by atoms with Gasteiger partial charge in [0.15, 0.2) is 0 Å². The zero-order chi connectivity index (χ0) is 6.69. The molecule has 0 radical (unpaired) electrons. The Bertz CT molecular complexity index is 207. The van der Waals surface area contributed by atoms with Crippen molar-refractivity contribution in [2.75, 3.05) is 0 Å². The van der Waals surface area contributed by atoms with Gasteiger partial charge in [-0.15, -0.1) is 17.7 Å². The van der Waals surface area contributed by atoms with Gasteiger partial charge in [-0.1, -0.05) is 0 Å². The summed E-state index contributed by atoms with van der Waals surface area (Å²) in [5.41, 5.74) is 5.92. The van der Waals surface area contributed by atoms with E-state index in [1.807, 2.05) is 0 Å². The Kier molecular flexibility index (Phi) is 8.64. The van der Waals surface area contributed by atoms with Crippen molar-refractivity contribution in [2.24, 2.45) is 5.73 Å². The molecule has 0 saturated heterocycles. The monoisotopic (exact) mass is 267 g/mol. The molecular weight excluding hydrogens is 262 g/mol. The van der Waals surface area contributed by atoms with Crippen molar-refractivity contribution in [3.8, 4) is 0 Å². The normalized spacial score (nSPS) is 7.82. The quantitative estimate of drug-likeness (QED) is 0.467. The summed E-state index contributed by atoms with van der Waals surface area (Å²) in [4.78, 5) is 0. The molecule has 0 aliphatic carbocycles. The van der Waals surface area contributed by atoms with Gasteiger partial charge in [0.2, 0.25) is 0 Å². The van der Waals surface area contributed by atoms with E-state index in [0.717, 1.165) is 0 Å². The molecule has 0 saturated carbocycles. The van der Waals surface area contributed by atoms with E-state index >= 15 is 0 Å². The van der Waals surface area contributed by atoms with E-state index in [1.54, 1.807) is 0 Å². The van der Waals surface area contributed by atoms with E-state index in [-0.39, 0.29) is 42.3 Å². The Hall–Kier alpha value is 0.213. The van der Waals surface area contributed by atoms with Crippen molar-refractivity contribution in [2.45, 2.75) is 6.54 Å². The summed E-state index contributed by atoms with van der Waals surface area (Å²) in [6.07, 6.45) is 0. The van der Waals surface area contributed by atoms with Crippen molar-refractivity contribution in [3.05, 3.63) is 35.6 Å². The van der Waals surface area contributed by atoms with Gasteiger partial charge in [0.05, 0.1) is 0 Å². The number of rotatable bonds is 1. The molecule has 4 heteroatoms. The molecule has 11 heavy (non-hydrogen) atoms. The second kappa shape index (κ2) is 6.89. The molecule has 0 spiro atoms. The van der Waals surface area contributed by atoms with E-state index < -0.39 is 0 Å². The SMILES string of the molecule is NCc1[c-]ccc(F)c1.[Br-].[Zn+2]. The Labute approximate surface area is 88.7 Å². The Morgan fingerprint density at radius 1 is 1.55 bits per heavy atom. The first kappa shape index (κ1) is 13.8. The number of hydrogen-bond acceptors (Lipinski definition) is 1. The molecule has 0 aliphatic heterocycles. The van der Waals surface area contributed by atoms with Crippen LogP contribution < -0.4 is 22.7 Å². The summed E-state index contributed by atoms with van der Waals surface area (Å²) in [5, 5.41) is 0. The predicted octanol–water partition coefficient (Wildman–Crippen LogP) is -1.91. The third-order valence-electron chi connectivity index (χ3n) is 1.04. The van der Waals surface area contributed by atoms with Crippen LogP contribution in [0.25, 0.3) is 0 Å². The van der Waals surface area contributed by atoms with E-state index in [9.17, 15) is 4.39 Å². The zero-order valence-electron chi connectivity index (χ0n) is 5.98. The van der Waals surface area contributed by atoms with Gasteiger partial charge < -0.3 is 22.7 Å². The van der Waals surface area contributed by atoms with Gasteiger partial charge in [0.25, 0.3) is 0 Å². The minimum Gasteiger partial charge on any atom is -1.00 e. The van der Waals surface area contributed by atoms with Crippen molar-refractivity contribution in [1.82, 2.24) is 0 Å². The summed E-state index contributed by atoms with van der Waals surface area (Å²) in [7, 11) is 0. The molecule has 0 atom stereocenters. The largest absolute Gasteiger partial charge is 2.00 e. The third kappa shape index (κ3) is 4.62. The zero-order valence-corrected chi connectivity index (χ0v) is 10.5.